The fraction of sp³-hybridized carbons (Fsp3) is 0.911. The standard InChI is InChI=1S/C45H85O15P/c1-3-5-7-9-10-11-12-13-14-15-16-17-20-23-27-31-38(48)57-33-35(34-58-61(55,56)60-45-43(53)41(51)40(50)42(52)44(45)54)59-39(49)32-28-24-21-18-19-22-26-30-37(47)36(46)29-25-8-6-4-2/h13-14,35-37,40-47,50-54H,3-12,15-34H2,1-2H3,(H,55,56)/b14-13-. The molecule has 61 heavy (non-hydrogen) atoms. The fourth-order valence-corrected chi connectivity index (χ4v) is 8.29. The van der Waals surface area contributed by atoms with Gasteiger partial charge >= 0.3 is 19.8 Å². The minimum atomic E-state index is -5.15. The van der Waals surface area contributed by atoms with Crippen molar-refractivity contribution in [3.63, 3.8) is 0 Å². The lowest BCUT2D eigenvalue weighted by Crippen LogP contribution is -2.64. The molecule has 15 nitrogen and oxygen atoms in total. The predicted molar refractivity (Wildman–Crippen MR) is 233 cm³/mol. The summed E-state index contributed by atoms with van der Waals surface area (Å²) in [6.07, 6.45) is 15.7. The average Bonchev–Trinajstić information content (AvgIpc) is 3.24. The molecule has 0 bridgehead atoms. The zero-order valence-corrected chi connectivity index (χ0v) is 38.3. The van der Waals surface area contributed by atoms with Gasteiger partial charge in [-0.15, -0.1) is 0 Å². The average molecular weight is 897 g/mol. The number of phosphoric acid groups is 1. The van der Waals surface area contributed by atoms with E-state index in [1.807, 2.05) is 0 Å². The van der Waals surface area contributed by atoms with Crippen molar-refractivity contribution in [2.75, 3.05) is 13.2 Å². The molecule has 0 radical (unpaired) electrons. The topological polar surface area (TPSA) is 250 Å². The number of aliphatic hydroxyl groups is 7. The van der Waals surface area contributed by atoms with Crippen molar-refractivity contribution in [2.24, 2.45) is 0 Å². The number of aliphatic hydroxyl groups excluding tert-OH is 7. The minimum absolute atomic E-state index is 0.0353. The van der Waals surface area contributed by atoms with Gasteiger partial charge in [0.05, 0.1) is 18.8 Å². The molecule has 16 heteroatoms. The lowest BCUT2D eigenvalue weighted by molar-refractivity contribution is -0.220. The number of allylic oxidation sites excluding steroid dienone is 2. The molecule has 0 amide bonds. The molecule has 0 spiro atoms. The van der Waals surface area contributed by atoms with Crippen LogP contribution in [0.2, 0.25) is 0 Å². The second-order valence-corrected chi connectivity index (χ2v) is 18.3. The van der Waals surface area contributed by atoms with Crippen LogP contribution in [0.15, 0.2) is 12.2 Å². The van der Waals surface area contributed by atoms with E-state index in [1.54, 1.807) is 0 Å². The Hall–Kier alpha value is -1.49. The smallest absolute Gasteiger partial charge is 0.462 e. The summed E-state index contributed by atoms with van der Waals surface area (Å²) in [6.45, 7) is 3.12. The molecule has 8 unspecified atom stereocenters. The van der Waals surface area contributed by atoms with E-state index in [-0.39, 0.29) is 12.8 Å². The number of ether oxygens (including phenoxy) is 2. The van der Waals surface area contributed by atoms with E-state index in [9.17, 15) is 54.8 Å². The Balaban J connectivity index is 2.49. The molecule has 0 aromatic carbocycles. The van der Waals surface area contributed by atoms with Gasteiger partial charge in [-0.3, -0.25) is 18.6 Å². The van der Waals surface area contributed by atoms with Crippen LogP contribution in [0.4, 0.5) is 0 Å². The monoisotopic (exact) mass is 897 g/mol. The third-order valence-electron chi connectivity index (χ3n) is 11.3. The molecule has 1 aliphatic rings. The van der Waals surface area contributed by atoms with E-state index in [4.69, 9.17) is 18.5 Å². The number of phosphoric ester groups is 1. The van der Waals surface area contributed by atoms with Crippen molar-refractivity contribution in [1.29, 1.82) is 0 Å². The van der Waals surface area contributed by atoms with Crippen LogP contribution in [0.5, 0.6) is 0 Å². The van der Waals surface area contributed by atoms with E-state index < -0.39 is 87.9 Å². The highest BCUT2D eigenvalue weighted by Gasteiger charge is 2.51. The minimum Gasteiger partial charge on any atom is -0.462 e. The molecule has 360 valence electrons. The first kappa shape index (κ1) is 57.5. The van der Waals surface area contributed by atoms with Gasteiger partial charge in [0.1, 0.15) is 43.2 Å². The van der Waals surface area contributed by atoms with E-state index >= 15 is 0 Å². The number of rotatable bonds is 39. The summed E-state index contributed by atoms with van der Waals surface area (Å²) in [4.78, 5) is 35.7. The zero-order valence-electron chi connectivity index (χ0n) is 37.4. The van der Waals surface area contributed by atoms with Crippen molar-refractivity contribution in [2.45, 2.75) is 249 Å². The number of unbranched alkanes of at least 4 members (excludes halogenated alkanes) is 20. The molecule has 8 N–H and O–H groups in total. The summed E-state index contributed by atoms with van der Waals surface area (Å²) in [5.74, 6) is -1.18. The van der Waals surface area contributed by atoms with Gasteiger partial charge in [0.15, 0.2) is 6.10 Å². The molecule has 1 saturated carbocycles. The number of hydrogen-bond donors (Lipinski definition) is 8. The molecule has 0 aromatic rings. The van der Waals surface area contributed by atoms with Crippen LogP contribution in [-0.4, -0.2) is 121 Å². The first-order valence-electron chi connectivity index (χ1n) is 23.7. The van der Waals surface area contributed by atoms with E-state index in [0.29, 0.717) is 25.7 Å². The van der Waals surface area contributed by atoms with Gasteiger partial charge in [0, 0.05) is 12.8 Å². The molecule has 8 atom stereocenters. The first-order chi connectivity index (χ1) is 29.2. The van der Waals surface area contributed by atoms with Gasteiger partial charge < -0.3 is 50.1 Å². The lowest BCUT2D eigenvalue weighted by Gasteiger charge is -2.41. The van der Waals surface area contributed by atoms with E-state index in [0.717, 1.165) is 103 Å². The number of carbonyl (C=O) groups excluding carboxylic acids is 2. The van der Waals surface area contributed by atoms with Crippen LogP contribution < -0.4 is 0 Å². The summed E-state index contributed by atoms with van der Waals surface area (Å²) >= 11 is 0. The molecule has 0 saturated heterocycles. The highest BCUT2D eigenvalue weighted by atomic mass is 31.2. The SMILES string of the molecule is CCCCCCCC/C=C\CCCCCCCC(=O)OCC(COP(=O)(O)OC1C(O)C(O)C(O)C(O)C1O)OC(=O)CCCCCCCCCC(O)C(O)CCCCCC. The molecule has 1 aliphatic carbocycles. The third kappa shape index (κ3) is 28.1. The van der Waals surface area contributed by atoms with Crippen molar-refractivity contribution < 1.29 is 73.3 Å². The maximum Gasteiger partial charge on any atom is 0.472 e. The largest absolute Gasteiger partial charge is 0.472 e. The van der Waals surface area contributed by atoms with Gasteiger partial charge in [-0.25, -0.2) is 4.57 Å². The summed E-state index contributed by atoms with van der Waals surface area (Å²) < 4.78 is 33.5. The Bertz CT molecular complexity index is 1160. The van der Waals surface area contributed by atoms with E-state index in [1.165, 1.54) is 38.5 Å². The Morgan fingerprint density at radius 2 is 0.934 bits per heavy atom. The van der Waals surface area contributed by atoms with Crippen LogP contribution >= 0.6 is 7.82 Å². The quantitative estimate of drug-likeness (QED) is 0.0134. The number of hydrogen-bond acceptors (Lipinski definition) is 14. The van der Waals surface area contributed by atoms with Crippen molar-refractivity contribution in [3.8, 4) is 0 Å². The molecule has 0 aliphatic heterocycles. The van der Waals surface area contributed by atoms with Crippen molar-refractivity contribution in [3.05, 3.63) is 12.2 Å². The summed E-state index contributed by atoms with van der Waals surface area (Å²) in [5.41, 5.74) is 0. The molecular weight excluding hydrogens is 811 g/mol. The highest BCUT2D eigenvalue weighted by molar-refractivity contribution is 7.47. The predicted octanol–water partition coefficient (Wildman–Crippen LogP) is 7.00. The first-order valence-corrected chi connectivity index (χ1v) is 25.2. The summed E-state index contributed by atoms with van der Waals surface area (Å²) in [5, 5.41) is 70.5. The van der Waals surface area contributed by atoms with Gasteiger partial charge in [0.2, 0.25) is 0 Å². The summed E-state index contributed by atoms with van der Waals surface area (Å²) in [7, 11) is -5.15. The van der Waals surface area contributed by atoms with Gasteiger partial charge in [0.25, 0.3) is 0 Å². The molecule has 1 fully saturated rings. The molecule has 0 heterocycles. The highest BCUT2D eigenvalue weighted by Crippen LogP contribution is 2.47. The zero-order chi connectivity index (χ0) is 45.3. The maximum absolute atomic E-state index is 12.8. The van der Waals surface area contributed by atoms with E-state index in [2.05, 4.69) is 26.0 Å². The van der Waals surface area contributed by atoms with Crippen LogP contribution in [0.1, 0.15) is 194 Å². The Labute approximate surface area is 366 Å². The van der Waals surface area contributed by atoms with Crippen molar-refractivity contribution in [1.82, 2.24) is 0 Å². The third-order valence-corrected chi connectivity index (χ3v) is 12.3. The summed E-state index contributed by atoms with van der Waals surface area (Å²) in [6, 6.07) is 0. The van der Waals surface area contributed by atoms with Crippen LogP contribution in [0, 0.1) is 0 Å². The van der Waals surface area contributed by atoms with Crippen LogP contribution in [-0.2, 0) is 32.7 Å². The Kier molecular flexibility index (Phi) is 33.8. The second-order valence-electron chi connectivity index (χ2n) is 16.9. The number of esters is 2. The van der Waals surface area contributed by atoms with Gasteiger partial charge in [-0.2, -0.15) is 0 Å². The molecular formula is C45H85O15P. The lowest BCUT2D eigenvalue weighted by atomic mass is 9.85. The normalized spacial score (nSPS) is 23.1. The second kappa shape index (κ2) is 35.8. The van der Waals surface area contributed by atoms with Crippen LogP contribution in [0.3, 0.4) is 0 Å². The maximum atomic E-state index is 12.8. The fourth-order valence-electron chi connectivity index (χ4n) is 7.31. The Morgan fingerprint density at radius 3 is 1.43 bits per heavy atom. The van der Waals surface area contributed by atoms with Crippen molar-refractivity contribution >= 4 is 19.8 Å². The molecule has 1 rings (SSSR count). The Morgan fingerprint density at radius 1 is 0.541 bits per heavy atom. The van der Waals surface area contributed by atoms with Gasteiger partial charge in [-0.05, 0) is 51.4 Å². The molecule has 0 aromatic heterocycles. The number of carbonyl (C=O) groups is 2. The van der Waals surface area contributed by atoms with Crippen LogP contribution in [0.25, 0.3) is 0 Å². The van der Waals surface area contributed by atoms with Gasteiger partial charge in [-0.1, -0.05) is 142 Å².